The molecule has 1 aliphatic heterocycles. The lowest BCUT2D eigenvalue weighted by molar-refractivity contribution is -0.123. The van der Waals surface area contributed by atoms with Crippen molar-refractivity contribution in [2.45, 2.75) is 13.5 Å². The molecule has 0 radical (unpaired) electrons. The van der Waals surface area contributed by atoms with E-state index in [1.165, 1.54) is 4.90 Å². The Kier molecular flexibility index (Phi) is 6.08. The van der Waals surface area contributed by atoms with Gasteiger partial charge in [0.2, 0.25) is 0 Å². The molecule has 0 aromatic heterocycles. The summed E-state index contributed by atoms with van der Waals surface area (Å²) in [6, 6.07) is 12.4. The van der Waals surface area contributed by atoms with Gasteiger partial charge in [-0.1, -0.05) is 29.8 Å². The topological polar surface area (TPSA) is 55.8 Å². The number of ether oxygens (including phenoxy) is 2. The van der Waals surface area contributed by atoms with Crippen molar-refractivity contribution in [3.05, 3.63) is 63.5 Å². The molecule has 0 bridgehead atoms. The SMILES string of the molecule is CCOc1cc(C=C2SC(=O)N(Cc3ccc(Cl)cc3)C2=O)ccc1OC. The van der Waals surface area contributed by atoms with Crippen LogP contribution >= 0.6 is 23.4 Å². The lowest BCUT2D eigenvalue weighted by Crippen LogP contribution is -2.27. The fourth-order valence-electron chi connectivity index (χ4n) is 2.61. The molecule has 0 spiro atoms. The van der Waals surface area contributed by atoms with E-state index in [0.29, 0.717) is 28.0 Å². The van der Waals surface area contributed by atoms with Crippen LogP contribution in [0, 0.1) is 0 Å². The number of thioether (sulfide) groups is 1. The lowest BCUT2D eigenvalue weighted by atomic mass is 10.1. The average Bonchev–Trinajstić information content (AvgIpc) is 2.91. The number of carbonyl (C=O) groups is 2. The summed E-state index contributed by atoms with van der Waals surface area (Å²) in [5, 5.41) is 0.317. The van der Waals surface area contributed by atoms with Crippen molar-refractivity contribution in [2.75, 3.05) is 13.7 Å². The molecule has 0 N–H and O–H groups in total. The molecule has 1 fully saturated rings. The number of hydrogen-bond acceptors (Lipinski definition) is 5. The van der Waals surface area contributed by atoms with Gasteiger partial charge in [0.1, 0.15) is 0 Å². The van der Waals surface area contributed by atoms with E-state index in [1.807, 2.05) is 13.0 Å². The summed E-state index contributed by atoms with van der Waals surface area (Å²) in [6.45, 7) is 2.59. The highest BCUT2D eigenvalue weighted by Crippen LogP contribution is 2.35. The molecule has 7 heteroatoms. The first-order valence-corrected chi connectivity index (χ1v) is 9.52. The number of benzene rings is 2. The number of nitrogens with zero attached hydrogens (tertiary/aromatic N) is 1. The summed E-state index contributed by atoms with van der Waals surface area (Å²) in [7, 11) is 1.57. The number of methoxy groups -OCH3 is 1. The molecule has 0 aliphatic carbocycles. The molecule has 2 aromatic carbocycles. The predicted molar refractivity (Wildman–Crippen MR) is 107 cm³/mol. The minimum Gasteiger partial charge on any atom is -0.493 e. The third-order valence-electron chi connectivity index (χ3n) is 3.91. The number of carbonyl (C=O) groups excluding carboxylic acids is 2. The van der Waals surface area contributed by atoms with Crippen LogP contribution in [0.15, 0.2) is 47.4 Å². The normalized spacial score (nSPS) is 15.5. The maximum Gasteiger partial charge on any atom is 0.293 e. The predicted octanol–water partition coefficient (Wildman–Crippen LogP) is 4.98. The van der Waals surface area contributed by atoms with Crippen molar-refractivity contribution >= 4 is 40.6 Å². The van der Waals surface area contributed by atoms with E-state index in [1.54, 1.807) is 49.6 Å². The molecule has 0 unspecified atom stereocenters. The van der Waals surface area contributed by atoms with Crippen molar-refractivity contribution in [1.29, 1.82) is 0 Å². The molecule has 2 amide bonds. The van der Waals surface area contributed by atoms with E-state index in [2.05, 4.69) is 0 Å². The summed E-state index contributed by atoms with van der Waals surface area (Å²) in [5.41, 5.74) is 1.60. The van der Waals surface area contributed by atoms with Gasteiger partial charge in [-0.2, -0.15) is 0 Å². The number of imide groups is 1. The van der Waals surface area contributed by atoms with E-state index in [4.69, 9.17) is 21.1 Å². The molecule has 3 rings (SSSR count). The number of halogens is 1. The monoisotopic (exact) mass is 403 g/mol. The van der Waals surface area contributed by atoms with Gasteiger partial charge in [-0.25, -0.2) is 0 Å². The highest BCUT2D eigenvalue weighted by atomic mass is 35.5. The van der Waals surface area contributed by atoms with Crippen LogP contribution in [0.2, 0.25) is 5.02 Å². The smallest absolute Gasteiger partial charge is 0.293 e. The molecule has 0 saturated carbocycles. The Morgan fingerprint density at radius 3 is 2.52 bits per heavy atom. The van der Waals surface area contributed by atoms with Gasteiger partial charge in [-0.15, -0.1) is 0 Å². The molecule has 1 aliphatic rings. The van der Waals surface area contributed by atoms with Crippen molar-refractivity contribution in [3.63, 3.8) is 0 Å². The zero-order valence-electron chi connectivity index (χ0n) is 14.9. The van der Waals surface area contributed by atoms with Gasteiger partial charge >= 0.3 is 0 Å². The first-order valence-electron chi connectivity index (χ1n) is 8.32. The largest absolute Gasteiger partial charge is 0.493 e. The van der Waals surface area contributed by atoms with Crippen LogP contribution in [0.4, 0.5) is 4.79 Å². The Bertz CT molecular complexity index is 895. The second-order valence-electron chi connectivity index (χ2n) is 5.74. The minimum atomic E-state index is -0.311. The lowest BCUT2D eigenvalue weighted by Gasteiger charge is -2.12. The van der Waals surface area contributed by atoms with E-state index in [9.17, 15) is 9.59 Å². The van der Waals surface area contributed by atoms with Crippen molar-refractivity contribution in [2.24, 2.45) is 0 Å². The maximum absolute atomic E-state index is 12.7. The van der Waals surface area contributed by atoms with E-state index in [0.717, 1.165) is 22.9 Å². The Labute approximate surface area is 166 Å². The summed E-state index contributed by atoms with van der Waals surface area (Å²) in [6.07, 6.45) is 1.69. The Balaban J connectivity index is 1.81. The molecule has 2 aromatic rings. The van der Waals surface area contributed by atoms with Crippen molar-refractivity contribution in [3.8, 4) is 11.5 Å². The van der Waals surface area contributed by atoms with Gasteiger partial charge in [-0.3, -0.25) is 14.5 Å². The van der Waals surface area contributed by atoms with Crippen LogP contribution in [-0.2, 0) is 11.3 Å². The molecule has 1 heterocycles. The second kappa shape index (κ2) is 8.50. The van der Waals surface area contributed by atoms with Gasteiger partial charge in [-0.05, 0) is 60.2 Å². The summed E-state index contributed by atoms with van der Waals surface area (Å²) in [5.74, 6) is 0.896. The zero-order valence-corrected chi connectivity index (χ0v) is 16.5. The minimum absolute atomic E-state index is 0.214. The summed E-state index contributed by atoms with van der Waals surface area (Å²) in [4.78, 5) is 26.5. The summed E-state index contributed by atoms with van der Waals surface area (Å²) >= 11 is 6.80. The van der Waals surface area contributed by atoms with Crippen molar-refractivity contribution < 1.29 is 19.1 Å². The highest BCUT2D eigenvalue weighted by Gasteiger charge is 2.35. The van der Waals surface area contributed by atoms with Crippen LogP contribution in [0.1, 0.15) is 18.1 Å². The molecular weight excluding hydrogens is 386 g/mol. The molecular formula is C20H18ClNO4S. The third-order valence-corrected chi connectivity index (χ3v) is 5.07. The molecule has 1 saturated heterocycles. The fraction of sp³-hybridized carbons (Fsp3) is 0.200. The molecule has 27 heavy (non-hydrogen) atoms. The van der Waals surface area contributed by atoms with E-state index < -0.39 is 0 Å². The fourth-order valence-corrected chi connectivity index (χ4v) is 3.58. The van der Waals surface area contributed by atoms with Gasteiger partial charge < -0.3 is 9.47 Å². The first-order chi connectivity index (χ1) is 13.0. The number of amides is 2. The van der Waals surface area contributed by atoms with Crippen LogP contribution in [0.3, 0.4) is 0 Å². The average molecular weight is 404 g/mol. The van der Waals surface area contributed by atoms with Gasteiger partial charge in [0.25, 0.3) is 11.1 Å². The van der Waals surface area contributed by atoms with Crippen LogP contribution < -0.4 is 9.47 Å². The maximum atomic E-state index is 12.7. The number of rotatable bonds is 6. The van der Waals surface area contributed by atoms with Crippen LogP contribution in [-0.4, -0.2) is 29.8 Å². The Morgan fingerprint density at radius 1 is 1.11 bits per heavy atom. The molecule has 140 valence electrons. The van der Waals surface area contributed by atoms with E-state index in [-0.39, 0.29) is 17.7 Å². The standard InChI is InChI=1S/C20H18ClNO4S/c1-3-26-17-10-14(6-9-16(17)25-2)11-18-19(23)22(20(24)27-18)12-13-4-7-15(21)8-5-13/h4-11H,3,12H2,1-2H3. The van der Waals surface area contributed by atoms with Crippen LogP contribution in [0.25, 0.3) is 6.08 Å². The zero-order chi connectivity index (χ0) is 19.4. The van der Waals surface area contributed by atoms with Crippen LogP contribution in [0.5, 0.6) is 11.5 Å². The van der Waals surface area contributed by atoms with Gasteiger partial charge in [0.15, 0.2) is 11.5 Å². The highest BCUT2D eigenvalue weighted by molar-refractivity contribution is 8.18. The Hall–Kier alpha value is -2.44. The second-order valence-corrected chi connectivity index (χ2v) is 7.17. The van der Waals surface area contributed by atoms with Gasteiger partial charge in [0.05, 0.1) is 25.2 Å². The molecule has 5 nitrogen and oxygen atoms in total. The van der Waals surface area contributed by atoms with Gasteiger partial charge in [0, 0.05) is 5.02 Å². The molecule has 0 atom stereocenters. The van der Waals surface area contributed by atoms with E-state index >= 15 is 0 Å². The number of hydrogen-bond donors (Lipinski definition) is 0. The quantitative estimate of drug-likeness (QED) is 0.636. The third kappa shape index (κ3) is 4.46. The Morgan fingerprint density at radius 2 is 1.85 bits per heavy atom. The first kappa shape index (κ1) is 19.3. The summed E-state index contributed by atoms with van der Waals surface area (Å²) < 4.78 is 10.8. The van der Waals surface area contributed by atoms with Crippen molar-refractivity contribution in [1.82, 2.24) is 4.90 Å².